The van der Waals surface area contributed by atoms with E-state index < -0.39 is 0 Å². The molecule has 22 heavy (non-hydrogen) atoms. The van der Waals surface area contributed by atoms with Gasteiger partial charge in [-0.05, 0) is 24.7 Å². The van der Waals surface area contributed by atoms with E-state index in [1.807, 2.05) is 17.0 Å². The third-order valence-corrected chi connectivity index (χ3v) is 4.32. The lowest BCUT2D eigenvalue weighted by molar-refractivity contribution is -0.132. The number of aromatic nitrogens is 2. The minimum absolute atomic E-state index is 0.219. The first kappa shape index (κ1) is 15.0. The number of carbonyl (C=O) groups is 1. The minimum atomic E-state index is 0.219. The number of carbonyl (C=O) groups excluding carboxylic acids is 1. The molecule has 0 bridgehead atoms. The molecule has 1 saturated heterocycles. The number of imidazole rings is 1. The van der Waals surface area contributed by atoms with E-state index in [1.165, 1.54) is 0 Å². The van der Waals surface area contributed by atoms with Gasteiger partial charge in [-0.2, -0.15) is 0 Å². The Balaban J connectivity index is 1.72. The molecule has 1 aromatic heterocycles. The quantitative estimate of drug-likeness (QED) is 0.943. The highest BCUT2D eigenvalue weighted by molar-refractivity contribution is 5.82. The number of hydrogen-bond acceptors (Lipinski definition) is 3. The van der Waals surface area contributed by atoms with E-state index in [0.29, 0.717) is 12.3 Å². The fourth-order valence-electron chi connectivity index (χ4n) is 2.80. The molecule has 0 saturated carbocycles. The molecule has 1 aliphatic heterocycles. The SMILES string of the molecule is CC(C)c1nc2ccc(CC(=O)N3CCN(C)CC3)cc2[nH]1. The lowest BCUT2D eigenvalue weighted by atomic mass is 10.1. The molecule has 1 fully saturated rings. The number of amides is 1. The smallest absolute Gasteiger partial charge is 0.227 e. The Morgan fingerprint density at radius 2 is 2.00 bits per heavy atom. The van der Waals surface area contributed by atoms with Gasteiger partial charge in [0.1, 0.15) is 5.82 Å². The molecule has 3 rings (SSSR count). The average molecular weight is 300 g/mol. The summed E-state index contributed by atoms with van der Waals surface area (Å²) in [5.74, 6) is 1.59. The van der Waals surface area contributed by atoms with Gasteiger partial charge in [-0.1, -0.05) is 19.9 Å². The standard InChI is InChI=1S/C17H24N4O/c1-12(2)17-18-14-5-4-13(10-15(14)19-17)11-16(22)21-8-6-20(3)7-9-21/h4-5,10,12H,6-9,11H2,1-3H3,(H,18,19). The van der Waals surface area contributed by atoms with Gasteiger partial charge in [0.15, 0.2) is 0 Å². The number of fused-ring (bicyclic) bond motifs is 1. The number of nitrogens with zero attached hydrogens (tertiary/aromatic N) is 3. The van der Waals surface area contributed by atoms with Crippen LogP contribution >= 0.6 is 0 Å². The summed E-state index contributed by atoms with van der Waals surface area (Å²) >= 11 is 0. The van der Waals surface area contributed by atoms with Crippen LogP contribution in [-0.4, -0.2) is 58.9 Å². The average Bonchev–Trinajstić information content (AvgIpc) is 2.91. The largest absolute Gasteiger partial charge is 0.342 e. The second kappa shape index (κ2) is 6.08. The van der Waals surface area contributed by atoms with Crippen molar-refractivity contribution in [3.05, 3.63) is 29.6 Å². The van der Waals surface area contributed by atoms with Crippen molar-refractivity contribution in [2.45, 2.75) is 26.2 Å². The summed E-state index contributed by atoms with van der Waals surface area (Å²) < 4.78 is 0. The van der Waals surface area contributed by atoms with Crippen molar-refractivity contribution in [3.63, 3.8) is 0 Å². The molecule has 0 aliphatic carbocycles. The molecule has 0 atom stereocenters. The van der Waals surface area contributed by atoms with Crippen LogP contribution in [0.3, 0.4) is 0 Å². The van der Waals surface area contributed by atoms with Crippen LogP contribution in [0.5, 0.6) is 0 Å². The number of aromatic amines is 1. The third-order valence-electron chi connectivity index (χ3n) is 4.32. The number of likely N-dealkylation sites (N-methyl/N-ethyl adjacent to an activating group) is 1. The summed E-state index contributed by atoms with van der Waals surface area (Å²) in [5, 5.41) is 0. The predicted octanol–water partition coefficient (Wildman–Crippen LogP) is 2.00. The Kier molecular flexibility index (Phi) is 4.16. The second-order valence-electron chi connectivity index (χ2n) is 6.49. The maximum atomic E-state index is 12.4. The number of hydrogen-bond donors (Lipinski definition) is 1. The van der Waals surface area contributed by atoms with Gasteiger partial charge < -0.3 is 14.8 Å². The highest BCUT2D eigenvalue weighted by atomic mass is 16.2. The van der Waals surface area contributed by atoms with E-state index in [1.54, 1.807) is 0 Å². The van der Waals surface area contributed by atoms with Crippen molar-refractivity contribution in [1.82, 2.24) is 19.8 Å². The van der Waals surface area contributed by atoms with E-state index in [4.69, 9.17) is 0 Å². The van der Waals surface area contributed by atoms with Crippen LogP contribution in [0, 0.1) is 0 Å². The van der Waals surface area contributed by atoms with Crippen LogP contribution < -0.4 is 0 Å². The number of piperazine rings is 1. The van der Waals surface area contributed by atoms with Crippen molar-refractivity contribution < 1.29 is 4.79 Å². The Labute approximate surface area is 131 Å². The van der Waals surface area contributed by atoms with E-state index in [-0.39, 0.29) is 5.91 Å². The number of benzene rings is 1. The van der Waals surface area contributed by atoms with Crippen LogP contribution in [0.4, 0.5) is 0 Å². The second-order valence-corrected chi connectivity index (χ2v) is 6.49. The van der Waals surface area contributed by atoms with Crippen molar-refractivity contribution in [2.75, 3.05) is 33.2 Å². The first-order chi connectivity index (χ1) is 10.5. The van der Waals surface area contributed by atoms with Gasteiger partial charge in [-0.15, -0.1) is 0 Å². The van der Waals surface area contributed by atoms with Crippen LogP contribution in [-0.2, 0) is 11.2 Å². The Morgan fingerprint density at radius 3 is 2.68 bits per heavy atom. The number of H-pyrrole nitrogens is 1. The maximum Gasteiger partial charge on any atom is 0.227 e. The van der Waals surface area contributed by atoms with Crippen LogP contribution in [0.25, 0.3) is 11.0 Å². The molecule has 1 aromatic carbocycles. The minimum Gasteiger partial charge on any atom is -0.342 e. The molecular weight excluding hydrogens is 276 g/mol. The van der Waals surface area contributed by atoms with Gasteiger partial charge in [0.05, 0.1) is 17.5 Å². The molecule has 1 aliphatic rings. The molecule has 0 radical (unpaired) electrons. The van der Waals surface area contributed by atoms with Crippen LogP contribution in [0.1, 0.15) is 31.2 Å². The summed E-state index contributed by atoms with van der Waals surface area (Å²) in [6.45, 7) is 7.83. The first-order valence-electron chi connectivity index (χ1n) is 7.98. The fourth-order valence-corrected chi connectivity index (χ4v) is 2.80. The predicted molar refractivity (Wildman–Crippen MR) is 88.0 cm³/mol. The highest BCUT2D eigenvalue weighted by Gasteiger charge is 2.19. The van der Waals surface area contributed by atoms with E-state index >= 15 is 0 Å². The molecule has 2 aromatic rings. The highest BCUT2D eigenvalue weighted by Crippen LogP contribution is 2.19. The van der Waals surface area contributed by atoms with Crippen molar-refractivity contribution in [3.8, 4) is 0 Å². The lowest BCUT2D eigenvalue weighted by Crippen LogP contribution is -2.47. The van der Waals surface area contributed by atoms with E-state index in [9.17, 15) is 4.79 Å². The third kappa shape index (κ3) is 3.14. The van der Waals surface area contributed by atoms with E-state index in [2.05, 4.69) is 41.8 Å². The molecule has 0 unspecified atom stereocenters. The molecule has 2 heterocycles. The summed E-state index contributed by atoms with van der Waals surface area (Å²) in [5.41, 5.74) is 3.04. The summed E-state index contributed by atoms with van der Waals surface area (Å²) in [7, 11) is 2.10. The van der Waals surface area contributed by atoms with Crippen molar-refractivity contribution in [1.29, 1.82) is 0 Å². The Morgan fingerprint density at radius 1 is 1.27 bits per heavy atom. The van der Waals surface area contributed by atoms with Crippen molar-refractivity contribution in [2.24, 2.45) is 0 Å². The van der Waals surface area contributed by atoms with Gasteiger partial charge in [-0.25, -0.2) is 4.98 Å². The molecule has 5 nitrogen and oxygen atoms in total. The molecule has 1 amide bonds. The zero-order valence-corrected chi connectivity index (χ0v) is 13.6. The Hall–Kier alpha value is -1.88. The van der Waals surface area contributed by atoms with E-state index in [0.717, 1.165) is 48.6 Å². The molecule has 5 heteroatoms. The van der Waals surface area contributed by atoms with Gasteiger partial charge >= 0.3 is 0 Å². The summed E-state index contributed by atoms with van der Waals surface area (Å²) in [6, 6.07) is 6.08. The molecule has 118 valence electrons. The van der Waals surface area contributed by atoms with Gasteiger partial charge in [-0.3, -0.25) is 4.79 Å². The summed E-state index contributed by atoms with van der Waals surface area (Å²) in [4.78, 5) is 24.6. The molecule has 1 N–H and O–H groups in total. The fraction of sp³-hybridized carbons (Fsp3) is 0.529. The topological polar surface area (TPSA) is 52.2 Å². The van der Waals surface area contributed by atoms with Crippen molar-refractivity contribution >= 4 is 16.9 Å². The summed E-state index contributed by atoms with van der Waals surface area (Å²) in [6.07, 6.45) is 0.468. The lowest BCUT2D eigenvalue weighted by Gasteiger charge is -2.32. The Bertz CT molecular complexity index is 668. The number of rotatable bonds is 3. The van der Waals surface area contributed by atoms with Gasteiger partial charge in [0.25, 0.3) is 0 Å². The van der Waals surface area contributed by atoms with Gasteiger partial charge in [0, 0.05) is 32.1 Å². The monoisotopic (exact) mass is 300 g/mol. The zero-order chi connectivity index (χ0) is 15.7. The maximum absolute atomic E-state index is 12.4. The molecule has 0 spiro atoms. The zero-order valence-electron chi connectivity index (χ0n) is 13.6. The van der Waals surface area contributed by atoms with Crippen LogP contribution in [0.15, 0.2) is 18.2 Å². The normalized spacial score (nSPS) is 16.6. The number of nitrogens with one attached hydrogen (secondary N) is 1. The van der Waals surface area contributed by atoms with Gasteiger partial charge in [0.2, 0.25) is 5.91 Å². The van der Waals surface area contributed by atoms with Crippen LogP contribution in [0.2, 0.25) is 0 Å². The molecular formula is C17H24N4O. The first-order valence-corrected chi connectivity index (χ1v) is 7.98.